The number of hydrogen-bond donors (Lipinski definition) is 2. The molecular formula is C11H19NO5S2. The van der Waals surface area contributed by atoms with E-state index in [0.717, 1.165) is 0 Å². The Morgan fingerprint density at radius 3 is 2.47 bits per heavy atom. The van der Waals surface area contributed by atoms with Crippen molar-refractivity contribution in [2.75, 3.05) is 17.3 Å². The van der Waals surface area contributed by atoms with E-state index >= 15 is 0 Å². The number of carboxylic acid groups (broad SMARTS) is 1. The molecule has 6 nitrogen and oxygen atoms in total. The Hall–Kier alpha value is -0.760. The second-order valence-electron chi connectivity index (χ2n) is 4.96. The molecule has 1 aliphatic rings. The highest BCUT2D eigenvalue weighted by Crippen LogP contribution is 2.24. The first-order valence-electron chi connectivity index (χ1n) is 6.05. The molecule has 1 saturated heterocycles. The van der Waals surface area contributed by atoms with Crippen molar-refractivity contribution in [3.63, 3.8) is 0 Å². The third kappa shape index (κ3) is 5.40. The van der Waals surface area contributed by atoms with Crippen LogP contribution in [-0.2, 0) is 19.4 Å². The molecule has 0 radical (unpaired) electrons. The van der Waals surface area contributed by atoms with E-state index in [-0.39, 0.29) is 34.3 Å². The molecule has 110 valence electrons. The summed E-state index contributed by atoms with van der Waals surface area (Å²) in [5.41, 5.74) is 0. The molecule has 1 heterocycles. The van der Waals surface area contributed by atoms with Gasteiger partial charge in [-0.15, -0.1) is 11.8 Å². The number of thioether (sulfide) groups is 1. The summed E-state index contributed by atoms with van der Waals surface area (Å²) in [7, 11) is -2.94. The molecule has 0 aliphatic carbocycles. The number of carbonyl (C=O) groups excluding carboxylic acids is 1. The monoisotopic (exact) mass is 309 g/mol. The van der Waals surface area contributed by atoms with Gasteiger partial charge in [0.05, 0.1) is 17.3 Å². The predicted octanol–water partition coefficient (Wildman–Crippen LogP) is 0.132. The minimum atomic E-state index is -2.94. The Kier molecular flexibility index (Phi) is 5.66. The highest BCUT2D eigenvalue weighted by atomic mass is 32.2. The zero-order chi connectivity index (χ0) is 14.6. The zero-order valence-corrected chi connectivity index (χ0v) is 12.6. The lowest BCUT2D eigenvalue weighted by Crippen LogP contribution is -2.45. The first-order chi connectivity index (χ1) is 8.71. The van der Waals surface area contributed by atoms with Crippen LogP contribution < -0.4 is 5.32 Å². The molecule has 8 heteroatoms. The second kappa shape index (κ2) is 6.60. The average Bonchev–Trinajstić information content (AvgIpc) is 2.62. The summed E-state index contributed by atoms with van der Waals surface area (Å²) in [5, 5.41) is 11.3. The van der Waals surface area contributed by atoms with Gasteiger partial charge in [0, 0.05) is 5.25 Å². The zero-order valence-electron chi connectivity index (χ0n) is 11.0. The van der Waals surface area contributed by atoms with Gasteiger partial charge in [-0.1, -0.05) is 13.8 Å². The molecule has 0 aromatic rings. The van der Waals surface area contributed by atoms with Gasteiger partial charge in [0.1, 0.15) is 6.04 Å². The number of carboxylic acids is 1. The van der Waals surface area contributed by atoms with Crippen LogP contribution >= 0.6 is 11.8 Å². The molecule has 19 heavy (non-hydrogen) atoms. The maximum atomic E-state index is 11.6. The molecule has 2 N–H and O–H groups in total. The lowest BCUT2D eigenvalue weighted by atomic mass is 10.1. The minimum absolute atomic E-state index is 0.0573. The number of rotatable bonds is 6. The van der Waals surface area contributed by atoms with Crippen molar-refractivity contribution in [2.45, 2.75) is 31.6 Å². The third-order valence-electron chi connectivity index (χ3n) is 2.89. The van der Waals surface area contributed by atoms with Crippen molar-refractivity contribution in [1.29, 1.82) is 0 Å². The van der Waals surface area contributed by atoms with E-state index in [9.17, 15) is 18.0 Å². The van der Waals surface area contributed by atoms with Gasteiger partial charge >= 0.3 is 5.97 Å². The largest absolute Gasteiger partial charge is 0.480 e. The van der Waals surface area contributed by atoms with E-state index in [1.165, 1.54) is 11.8 Å². The van der Waals surface area contributed by atoms with Crippen molar-refractivity contribution in [3.8, 4) is 0 Å². The molecule has 1 aliphatic heterocycles. The molecular weight excluding hydrogens is 290 g/mol. The molecule has 0 aromatic carbocycles. The Morgan fingerprint density at radius 1 is 1.42 bits per heavy atom. The van der Waals surface area contributed by atoms with Gasteiger partial charge < -0.3 is 10.4 Å². The summed E-state index contributed by atoms with van der Waals surface area (Å²) >= 11 is 1.28. The van der Waals surface area contributed by atoms with Crippen LogP contribution in [0.3, 0.4) is 0 Å². The molecule has 1 unspecified atom stereocenters. The summed E-state index contributed by atoms with van der Waals surface area (Å²) in [6, 6.07) is -0.902. The first-order valence-corrected chi connectivity index (χ1v) is 8.92. The predicted molar refractivity (Wildman–Crippen MR) is 73.9 cm³/mol. The second-order valence-corrected chi connectivity index (χ2v) is 8.48. The highest BCUT2D eigenvalue weighted by molar-refractivity contribution is 8.02. The maximum absolute atomic E-state index is 11.6. The lowest BCUT2D eigenvalue weighted by Gasteiger charge is -2.18. The van der Waals surface area contributed by atoms with E-state index in [0.29, 0.717) is 6.42 Å². The summed E-state index contributed by atoms with van der Waals surface area (Å²) in [6.07, 6.45) is 0.562. The molecule has 0 spiro atoms. The fourth-order valence-corrected chi connectivity index (χ4v) is 5.27. The fraction of sp³-hybridized carbons (Fsp3) is 0.818. The molecule has 0 aromatic heterocycles. The number of sulfone groups is 1. The summed E-state index contributed by atoms with van der Waals surface area (Å²) in [6.45, 7) is 3.44. The van der Waals surface area contributed by atoms with Gasteiger partial charge in [0.15, 0.2) is 9.84 Å². The van der Waals surface area contributed by atoms with Crippen LogP contribution in [0.2, 0.25) is 0 Å². The van der Waals surface area contributed by atoms with Crippen molar-refractivity contribution in [2.24, 2.45) is 5.92 Å². The van der Waals surface area contributed by atoms with Gasteiger partial charge in [-0.2, -0.15) is 0 Å². The Morgan fingerprint density at radius 2 is 2.05 bits per heavy atom. The molecule has 1 rings (SSSR count). The van der Waals surface area contributed by atoms with Crippen LogP contribution in [0, 0.1) is 5.92 Å². The molecule has 1 fully saturated rings. The van der Waals surface area contributed by atoms with Crippen molar-refractivity contribution < 1.29 is 23.1 Å². The number of nitrogens with one attached hydrogen (secondary N) is 1. The van der Waals surface area contributed by atoms with E-state index in [4.69, 9.17) is 5.11 Å². The Labute approximate surface area is 117 Å². The van der Waals surface area contributed by atoms with Crippen LogP contribution in [0.15, 0.2) is 0 Å². The van der Waals surface area contributed by atoms with Crippen molar-refractivity contribution in [3.05, 3.63) is 0 Å². The molecule has 1 amide bonds. The minimum Gasteiger partial charge on any atom is -0.480 e. The SMILES string of the molecule is CC(C)[C@H](NC(=O)CSC1CCS(=O)(=O)C1)C(=O)O. The molecule has 2 atom stereocenters. The van der Waals surface area contributed by atoms with Crippen LogP contribution in [0.25, 0.3) is 0 Å². The fourth-order valence-electron chi connectivity index (χ4n) is 1.81. The molecule has 0 saturated carbocycles. The van der Waals surface area contributed by atoms with Gasteiger partial charge in [-0.3, -0.25) is 4.79 Å². The first kappa shape index (κ1) is 16.3. The van der Waals surface area contributed by atoms with Crippen LogP contribution in [-0.4, -0.2) is 54.0 Å². The average molecular weight is 309 g/mol. The van der Waals surface area contributed by atoms with Crippen molar-refractivity contribution in [1.82, 2.24) is 5.32 Å². The van der Waals surface area contributed by atoms with Gasteiger partial charge in [0.25, 0.3) is 0 Å². The Balaban J connectivity index is 2.38. The van der Waals surface area contributed by atoms with Crippen LogP contribution in [0.5, 0.6) is 0 Å². The number of carbonyl (C=O) groups is 2. The Bertz CT molecular complexity index is 446. The number of hydrogen-bond acceptors (Lipinski definition) is 5. The van der Waals surface area contributed by atoms with E-state index in [1.54, 1.807) is 13.8 Å². The van der Waals surface area contributed by atoms with Crippen LogP contribution in [0.4, 0.5) is 0 Å². The van der Waals surface area contributed by atoms with Gasteiger partial charge in [-0.05, 0) is 12.3 Å². The maximum Gasteiger partial charge on any atom is 0.326 e. The van der Waals surface area contributed by atoms with Crippen molar-refractivity contribution >= 4 is 33.5 Å². The number of aliphatic carboxylic acids is 1. The smallest absolute Gasteiger partial charge is 0.326 e. The van der Waals surface area contributed by atoms with Gasteiger partial charge in [0.2, 0.25) is 5.91 Å². The van der Waals surface area contributed by atoms with Gasteiger partial charge in [-0.25, -0.2) is 13.2 Å². The van der Waals surface area contributed by atoms with E-state index < -0.39 is 21.8 Å². The standard InChI is InChI=1S/C11H19NO5S2/c1-7(2)10(11(14)15)12-9(13)5-18-8-3-4-19(16,17)6-8/h7-8,10H,3-6H2,1-2H3,(H,12,13)(H,14,15)/t8?,10-/m0/s1. The summed E-state index contributed by atoms with van der Waals surface area (Å²) in [5.74, 6) is -1.24. The van der Waals surface area contributed by atoms with E-state index in [2.05, 4.69) is 5.32 Å². The summed E-state index contributed by atoms with van der Waals surface area (Å²) < 4.78 is 22.5. The third-order valence-corrected chi connectivity index (χ3v) is 6.17. The molecule has 0 bridgehead atoms. The quantitative estimate of drug-likeness (QED) is 0.723. The normalized spacial score (nSPS) is 23.2. The van der Waals surface area contributed by atoms with Crippen LogP contribution in [0.1, 0.15) is 20.3 Å². The topological polar surface area (TPSA) is 101 Å². The number of amides is 1. The highest BCUT2D eigenvalue weighted by Gasteiger charge is 2.29. The van der Waals surface area contributed by atoms with E-state index in [1.807, 2.05) is 0 Å². The lowest BCUT2D eigenvalue weighted by molar-refractivity contribution is -0.142. The summed E-state index contributed by atoms with van der Waals surface area (Å²) in [4.78, 5) is 22.6.